The maximum absolute atomic E-state index is 13.8. The molecule has 6 nitrogen and oxygen atoms in total. The molecule has 0 saturated carbocycles. The SMILES string of the molecule is CCn1nc(C)cc1C(=O)Nc1c(F)cccc1C(=O)O. The smallest absolute Gasteiger partial charge is 0.337 e. The molecule has 0 radical (unpaired) electrons. The van der Waals surface area contributed by atoms with Crippen LogP contribution < -0.4 is 5.32 Å². The van der Waals surface area contributed by atoms with Gasteiger partial charge < -0.3 is 10.4 Å². The molecule has 2 aromatic rings. The summed E-state index contributed by atoms with van der Waals surface area (Å²) >= 11 is 0. The van der Waals surface area contributed by atoms with Crippen molar-refractivity contribution in [2.75, 3.05) is 5.32 Å². The van der Waals surface area contributed by atoms with E-state index in [0.29, 0.717) is 12.2 Å². The fourth-order valence-electron chi connectivity index (χ4n) is 1.98. The number of carbonyl (C=O) groups excluding carboxylic acids is 1. The Hall–Kier alpha value is -2.70. The minimum Gasteiger partial charge on any atom is -0.478 e. The maximum Gasteiger partial charge on any atom is 0.337 e. The number of hydrogen-bond donors (Lipinski definition) is 2. The zero-order valence-corrected chi connectivity index (χ0v) is 11.6. The molecule has 1 heterocycles. The third-order valence-corrected chi connectivity index (χ3v) is 2.92. The van der Waals surface area contributed by atoms with Crippen molar-refractivity contribution < 1.29 is 19.1 Å². The predicted octanol–water partition coefficient (Wildman–Crippen LogP) is 2.30. The van der Waals surface area contributed by atoms with E-state index in [2.05, 4.69) is 10.4 Å². The first-order valence-corrected chi connectivity index (χ1v) is 6.31. The molecule has 1 amide bonds. The summed E-state index contributed by atoms with van der Waals surface area (Å²) in [4.78, 5) is 23.3. The number of halogens is 1. The van der Waals surface area contributed by atoms with Gasteiger partial charge in [0.05, 0.1) is 16.9 Å². The number of amides is 1. The van der Waals surface area contributed by atoms with Gasteiger partial charge in [-0.05, 0) is 32.0 Å². The molecule has 7 heteroatoms. The average Bonchev–Trinajstić information content (AvgIpc) is 2.82. The quantitative estimate of drug-likeness (QED) is 0.905. The topological polar surface area (TPSA) is 84.2 Å². The number of aromatic carboxylic acids is 1. The zero-order chi connectivity index (χ0) is 15.6. The maximum atomic E-state index is 13.8. The van der Waals surface area contributed by atoms with Gasteiger partial charge in [-0.3, -0.25) is 9.48 Å². The fraction of sp³-hybridized carbons (Fsp3) is 0.214. The van der Waals surface area contributed by atoms with Crippen molar-refractivity contribution in [3.05, 3.63) is 47.0 Å². The first-order valence-electron chi connectivity index (χ1n) is 6.31. The Balaban J connectivity index is 2.38. The van der Waals surface area contributed by atoms with Crippen molar-refractivity contribution in [1.29, 1.82) is 0 Å². The van der Waals surface area contributed by atoms with Crippen LogP contribution in [0.4, 0.5) is 10.1 Å². The van der Waals surface area contributed by atoms with E-state index in [9.17, 15) is 14.0 Å². The number of hydrogen-bond acceptors (Lipinski definition) is 3. The van der Waals surface area contributed by atoms with E-state index in [-0.39, 0.29) is 16.9 Å². The summed E-state index contributed by atoms with van der Waals surface area (Å²) < 4.78 is 15.2. The Labute approximate surface area is 120 Å². The van der Waals surface area contributed by atoms with E-state index in [4.69, 9.17) is 5.11 Å². The summed E-state index contributed by atoms with van der Waals surface area (Å²) in [5.41, 5.74) is 0.239. The van der Waals surface area contributed by atoms with Crippen LogP contribution in [0, 0.1) is 12.7 Å². The second-order valence-corrected chi connectivity index (χ2v) is 4.41. The number of carboxylic acids is 1. The molecule has 0 bridgehead atoms. The molecule has 2 rings (SSSR count). The number of benzene rings is 1. The van der Waals surface area contributed by atoms with Crippen LogP contribution in [0.3, 0.4) is 0 Å². The van der Waals surface area contributed by atoms with E-state index in [1.165, 1.54) is 16.8 Å². The molecule has 0 spiro atoms. The largest absolute Gasteiger partial charge is 0.478 e. The zero-order valence-electron chi connectivity index (χ0n) is 11.6. The Morgan fingerprint density at radius 1 is 1.43 bits per heavy atom. The third kappa shape index (κ3) is 2.91. The average molecular weight is 291 g/mol. The molecule has 0 unspecified atom stereocenters. The van der Waals surface area contributed by atoms with Crippen LogP contribution in [-0.4, -0.2) is 26.8 Å². The van der Waals surface area contributed by atoms with Crippen LogP contribution in [0.5, 0.6) is 0 Å². The molecule has 1 aromatic carbocycles. The second kappa shape index (κ2) is 5.74. The minimum absolute atomic E-state index is 0.245. The second-order valence-electron chi connectivity index (χ2n) is 4.41. The number of nitrogens with one attached hydrogen (secondary N) is 1. The lowest BCUT2D eigenvalue weighted by Gasteiger charge is -2.10. The Morgan fingerprint density at radius 2 is 2.14 bits per heavy atom. The molecule has 0 atom stereocenters. The number of aryl methyl sites for hydroxylation is 2. The summed E-state index contributed by atoms with van der Waals surface area (Å²) in [7, 11) is 0. The summed E-state index contributed by atoms with van der Waals surface area (Å²) in [6.45, 7) is 4.02. The number of para-hydroxylation sites is 1. The monoisotopic (exact) mass is 291 g/mol. The lowest BCUT2D eigenvalue weighted by atomic mass is 10.1. The van der Waals surface area contributed by atoms with Crippen LogP contribution in [-0.2, 0) is 6.54 Å². The Kier molecular flexibility index (Phi) is 4.02. The normalized spacial score (nSPS) is 10.4. The van der Waals surface area contributed by atoms with E-state index < -0.39 is 17.7 Å². The van der Waals surface area contributed by atoms with Crippen molar-refractivity contribution >= 4 is 17.6 Å². The minimum atomic E-state index is -1.31. The van der Waals surface area contributed by atoms with Gasteiger partial charge in [0.2, 0.25) is 0 Å². The molecule has 0 aliphatic heterocycles. The molecule has 21 heavy (non-hydrogen) atoms. The molecule has 110 valence electrons. The van der Waals surface area contributed by atoms with Crippen molar-refractivity contribution in [2.24, 2.45) is 0 Å². The summed E-state index contributed by atoms with van der Waals surface area (Å²) in [6, 6.07) is 5.14. The highest BCUT2D eigenvalue weighted by Gasteiger charge is 2.19. The van der Waals surface area contributed by atoms with Crippen molar-refractivity contribution in [3.8, 4) is 0 Å². The first kappa shape index (κ1) is 14.7. The van der Waals surface area contributed by atoms with E-state index in [0.717, 1.165) is 6.07 Å². The van der Waals surface area contributed by atoms with Crippen LogP contribution >= 0.6 is 0 Å². The number of nitrogens with zero attached hydrogens (tertiary/aromatic N) is 2. The molecule has 1 aromatic heterocycles. The van der Waals surface area contributed by atoms with Gasteiger partial charge in [0.25, 0.3) is 5.91 Å². The van der Waals surface area contributed by atoms with E-state index in [1.54, 1.807) is 13.0 Å². The van der Waals surface area contributed by atoms with Gasteiger partial charge in [-0.15, -0.1) is 0 Å². The highest BCUT2D eigenvalue weighted by molar-refractivity contribution is 6.07. The van der Waals surface area contributed by atoms with Gasteiger partial charge in [0, 0.05) is 6.54 Å². The van der Waals surface area contributed by atoms with E-state index >= 15 is 0 Å². The van der Waals surface area contributed by atoms with Crippen molar-refractivity contribution in [2.45, 2.75) is 20.4 Å². The Morgan fingerprint density at radius 3 is 2.76 bits per heavy atom. The lowest BCUT2D eigenvalue weighted by molar-refractivity contribution is 0.0697. The van der Waals surface area contributed by atoms with Gasteiger partial charge in [0.1, 0.15) is 11.5 Å². The van der Waals surface area contributed by atoms with Gasteiger partial charge in [-0.25, -0.2) is 9.18 Å². The summed E-state index contributed by atoms with van der Waals surface area (Å²) in [5, 5.41) is 15.5. The van der Waals surface area contributed by atoms with Crippen LogP contribution in [0.25, 0.3) is 0 Å². The number of aromatic nitrogens is 2. The molecule has 0 saturated heterocycles. The first-order chi connectivity index (χ1) is 9.93. The lowest BCUT2D eigenvalue weighted by Crippen LogP contribution is -2.19. The van der Waals surface area contributed by atoms with Gasteiger partial charge >= 0.3 is 5.97 Å². The molecule has 0 aliphatic carbocycles. The molecular formula is C14H14FN3O3. The standard InChI is InChI=1S/C14H14FN3O3/c1-3-18-11(7-8(2)17-18)13(19)16-12-9(14(20)21)5-4-6-10(12)15/h4-7H,3H2,1-2H3,(H,16,19)(H,20,21). The highest BCUT2D eigenvalue weighted by Crippen LogP contribution is 2.21. The van der Waals surface area contributed by atoms with Gasteiger partial charge in [0.15, 0.2) is 0 Å². The van der Waals surface area contributed by atoms with Gasteiger partial charge in [-0.2, -0.15) is 5.10 Å². The van der Waals surface area contributed by atoms with Crippen molar-refractivity contribution in [3.63, 3.8) is 0 Å². The van der Waals surface area contributed by atoms with Gasteiger partial charge in [-0.1, -0.05) is 6.07 Å². The predicted molar refractivity (Wildman–Crippen MR) is 74.0 cm³/mol. The molecule has 0 fully saturated rings. The number of rotatable bonds is 4. The number of anilines is 1. The van der Waals surface area contributed by atoms with Crippen LogP contribution in [0.1, 0.15) is 33.5 Å². The third-order valence-electron chi connectivity index (χ3n) is 2.92. The number of carbonyl (C=O) groups is 2. The molecular weight excluding hydrogens is 277 g/mol. The van der Waals surface area contributed by atoms with Crippen LogP contribution in [0.2, 0.25) is 0 Å². The molecule has 2 N–H and O–H groups in total. The van der Waals surface area contributed by atoms with E-state index in [1.807, 2.05) is 6.92 Å². The molecule has 0 aliphatic rings. The summed E-state index contributed by atoms with van der Waals surface area (Å²) in [5.74, 6) is -2.72. The van der Waals surface area contributed by atoms with Crippen molar-refractivity contribution in [1.82, 2.24) is 9.78 Å². The Bertz CT molecular complexity index is 709. The fourth-order valence-corrected chi connectivity index (χ4v) is 1.98. The number of carboxylic acid groups (broad SMARTS) is 1. The summed E-state index contributed by atoms with van der Waals surface area (Å²) in [6.07, 6.45) is 0. The highest BCUT2D eigenvalue weighted by atomic mass is 19.1. The van der Waals surface area contributed by atoms with Crippen LogP contribution in [0.15, 0.2) is 24.3 Å².